The van der Waals surface area contributed by atoms with E-state index < -0.39 is 6.10 Å². The van der Waals surface area contributed by atoms with Crippen LogP contribution in [0.4, 0.5) is 0 Å². The fourth-order valence-corrected chi connectivity index (χ4v) is 3.58. The molecule has 3 aromatic carbocycles. The zero-order chi connectivity index (χ0) is 22.8. The van der Waals surface area contributed by atoms with Gasteiger partial charge in [-0.3, -0.25) is 0 Å². The maximum atomic E-state index is 10.2. The van der Waals surface area contributed by atoms with Gasteiger partial charge >= 0.3 is 0 Å². The Morgan fingerprint density at radius 1 is 0.844 bits per heavy atom. The van der Waals surface area contributed by atoms with Gasteiger partial charge in [0.2, 0.25) is 0 Å². The highest BCUT2D eigenvalue weighted by Gasteiger charge is 2.11. The van der Waals surface area contributed by atoms with Crippen molar-refractivity contribution < 1.29 is 9.84 Å². The van der Waals surface area contributed by atoms with E-state index in [1.54, 1.807) is 0 Å². The van der Waals surface area contributed by atoms with E-state index in [0.717, 1.165) is 24.4 Å². The molecular weight excluding hydrogens is 396 g/mol. The molecule has 0 saturated carbocycles. The van der Waals surface area contributed by atoms with E-state index >= 15 is 0 Å². The molecule has 0 bridgehead atoms. The average molecular weight is 431 g/mol. The van der Waals surface area contributed by atoms with Gasteiger partial charge in [-0.15, -0.1) is 0 Å². The van der Waals surface area contributed by atoms with Gasteiger partial charge in [-0.25, -0.2) is 0 Å². The van der Waals surface area contributed by atoms with Gasteiger partial charge in [-0.2, -0.15) is 0 Å². The van der Waals surface area contributed by atoms with E-state index in [0.29, 0.717) is 6.54 Å². The Labute approximate surface area is 192 Å². The Bertz CT molecular complexity index is 967. The third-order valence-corrected chi connectivity index (χ3v) is 5.35. The van der Waals surface area contributed by atoms with Gasteiger partial charge in [0, 0.05) is 19.6 Å². The molecular formula is C28H34N2O2. The molecule has 0 heterocycles. The Morgan fingerprint density at radius 2 is 1.41 bits per heavy atom. The molecule has 4 heteroatoms. The van der Waals surface area contributed by atoms with E-state index in [9.17, 15) is 5.11 Å². The van der Waals surface area contributed by atoms with Crippen LogP contribution in [-0.2, 0) is 0 Å². The first-order chi connectivity index (χ1) is 15.5. The Hall–Kier alpha value is -2.92. The van der Waals surface area contributed by atoms with Crippen LogP contribution in [0, 0.1) is 0 Å². The van der Waals surface area contributed by atoms with Crippen LogP contribution in [0.25, 0.3) is 11.1 Å². The number of rotatable bonds is 11. The molecule has 0 amide bonds. The molecule has 1 unspecified atom stereocenters. The SMILES string of the molecule is C/C(=C(/c1ccccc1)c1ccc(OCC(O)CNCCN(C)C)cc1)c1ccccc1. The first-order valence-corrected chi connectivity index (χ1v) is 11.1. The molecule has 0 aliphatic heterocycles. The summed E-state index contributed by atoms with van der Waals surface area (Å²) in [4.78, 5) is 2.11. The van der Waals surface area contributed by atoms with Crippen LogP contribution in [0.2, 0.25) is 0 Å². The molecule has 0 aromatic heterocycles. The third kappa shape index (κ3) is 7.06. The quantitative estimate of drug-likeness (QED) is 0.346. The second-order valence-corrected chi connectivity index (χ2v) is 8.23. The number of nitrogens with one attached hydrogen (secondary N) is 1. The van der Waals surface area contributed by atoms with Crippen LogP contribution >= 0.6 is 0 Å². The van der Waals surface area contributed by atoms with Gasteiger partial charge in [0.1, 0.15) is 18.5 Å². The largest absolute Gasteiger partial charge is 0.491 e. The van der Waals surface area contributed by atoms with Gasteiger partial charge in [0.15, 0.2) is 0 Å². The summed E-state index contributed by atoms with van der Waals surface area (Å²) in [6.45, 7) is 4.73. The first kappa shape index (κ1) is 23.7. The maximum Gasteiger partial charge on any atom is 0.119 e. The van der Waals surface area contributed by atoms with Crippen LogP contribution in [0.5, 0.6) is 5.75 Å². The van der Waals surface area contributed by atoms with Crippen molar-refractivity contribution in [1.29, 1.82) is 0 Å². The summed E-state index contributed by atoms with van der Waals surface area (Å²) in [5, 5.41) is 13.4. The number of nitrogens with zero attached hydrogens (tertiary/aromatic N) is 1. The predicted octanol–water partition coefficient (Wildman–Crippen LogP) is 4.56. The fraction of sp³-hybridized carbons (Fsp3) is 0.286. The topological polar surface area (TPSA) is 44.7 Å². The molecule has 0 aliphatic carbocycles. The second-order valence-electron chi connectivity index (χ2n) is 8.23. The summed E-state index contributed by atoms with van der Waals surface area (Å²) < 4.78 is 5.82. The van der Waals surface area contributed by atoms with Crippen LogP contribution in [0.1, 0.15) is 23.6 Å². The van der Waals surface area contributed by atoms with E-state index in [2.05, 4.69) is 77.8 Å². The molecule has 2 N–H and O–H groups in total. The summed E-state index contributed by atoms with van der Waals surface area (Å²) in [7, 11) is 4.06. The number of aliphatic hydroxyl groups excluding tert-OH is 1. The third-order valence-electron chi connectivity index (χ3n) is 5.35. The molecule has 32 heavy (non-hydrogen) atoms. The molecule has 0 fully saturated rings. The van der Waals surface area contributed by atoms with Crippen LogP contribution in [0.15, 0.2) is 84.9 Å². The summed E-state index contributed by atoms with van der Waals surface area (Å²) in [6.07, 6.45) is -0.545. The first-order valence-electron chi connectivity index (χ1n) is 11.1. The summed E-state index contributed by atoms with van der Waals surface area (Å²) in [5.41, 5.74) is 5.95. The molecule has 0 radical (unpaired) electrons. The van der Waals surface area contributed by atoms with E-state index in [4.69, 9.17) is 4.74 Å². The minimum absolute atomic E-state index is 0.263. The van der Waals surface area contributed by atoms with Crippen molar-refractivity contribution in [2.75, 3.05) is 40.3 Å². The van der Waals surface area contributed by atoms with Crippen molar-refractivity contribution in [3.63, 3.8) is 0 Å². The lowest BCUT2D eigenvalue weighted by Gasteiger charge is -2.16. The van der Waals surface area contributed by atoms with Crippen molar-refractivity contribution in [3.05, 3.63) is 102 Å². The minimum Gasteiger partial charge on any atom is -0.491 e. The molecule has 3 rings (SSSR count). The van der Waals surface area contributed by atoms with Gasteiger partial charge in [0.05, 0.1) is 0 Å². The normalized spacial score (nSPS) is 13.0. The Balaban J connectivity index is 1.71. The van der Waals surface area contributed by atoms with Crippen LogP contribution in [-0.4, -0.2) is 56.4 Å². The molecule has 168 valence electrons. The predicted molar refractivity (Wildman–Crippen MR) is 134 cm³/mol. The van der Waals surface area contributed by atoms with Gasteiger partial charge < -0.3 is 20.1 Å². The number of aliphatic hydroxyl groups is 1. The number of allylic oxidation sites excluding steroid dienone is 1. The molecule has 0 spiro atoms. The fourth-order valence-electron chi connectivity index (χ4n) is 3.58. The van der Waals surface area contributed by atoms with Gasteiger partial charge in [0.25, 0.3) is 0 Å². The van der Waals surface area contributed by atoms with Crippen molar-refractivity contribution in [2.45, 2.75) is 13.0 Å². The van der Waals surface area contributed by atoms with E-state index in [1.165, 1.54) is 22.3 Å². The highest BCUT2D eigenvalue weighted by atomic mass is 16.5. The minimum atomic E-state index is -0.545. The highest BCUT2D eigenvalue weighted by molar-refractivity contribution is 5.97. The summed E-state index contributed by atoms with van der Waals surface area (Å²) in [6, 6.07) is 29.1. The molecule has 0 saturated heterocycles. The zero-order valence-electron chi connectivity index (χ0n) is 19.3. The van der Waals surface area contributed by atoms with Crippen LogP contribution in [0.3, 0.4) is 0 Å². The lowest BCUT2D eigenvalue weighted by molar-refractivity contribution is 0.106. The average Bonchev–Trinajstić information content (AvgIpc) is 2.82. The summed E-state index contributed by atoms with van der Waals surface area (Å²) >= 11 is 0. The van der Waals surface area contributed by atoms with Crippen molar-refractivity contribution in [1.82, 2.24) is 10.2 Å². The number of likely N-dealkylation sites (N-methyl/N-ethyl adjacent to an activating group) is 1. The molecule has 0 aliphatic rings. The van der Waals surface area contributed by atoms with Gasteiger partial charge in [-0.05, 0) is 61.0 Å². The number of hydrogen-bond acceptors (Lipinski definition) is 4. The number of benzene rings is 3. The highest BCUT2D eigenvalue weighted by Crippen LogP contribution is 2.32. The lowest BCUT2D eigenvalue weighted by Crippen LogP contribution is -2.35. The molecule has 4 nitrogen and oxygen atoms in total. The lowest BCUT2D eigenvalue weighted by atomic mass is 9.90. The van der Waals surface area contributed by atoms with Gasteiger partial charge in [-0.1, -0.05) is 72.8 Å². The smallest absolute Gasteiger partial charge is 0.119 e. The molecule has 3 aromatic rings. The monoisotopic (exact) mass is 430 g/mol. The Kier molecular flexibility index (Phi) is 9.05. The second kappa shape index (κ2) is 12.2. The zero-order valence-corrected chi connectivity index (χ0v) is 19.3. The maximum absolute atomic E-state index is 10.2. The standard InChI is InChI=1S/C28H34N2O2/c1-22(23-10-6-4-7-11-23)28(24-12-8-5-9-13-24)25-14-16-27(17-15-25)32-21-26(31)20-29-18-19-30(2)3/h4-17,26,29,31H,18-21H2,1-3H3/b28-22+. The van der Waals surface area contributed by atoms with Crippen molar-refractivity contribution in [2.24, 2.45) is 0 Å². The van der Waals surface area contributed by atoms with Crippen molar-refractivity contribution in [3.8, 4) is 5.75 Å². The van der Waals surface area contributed by atoms with Crippen molar-refractivity contribution >= 4 is 11.1 Å². The van der Waals surface area contributed by atoms with Crippen LogP contribution < -0.4 is 10.1 Å². The van der Waals surface area contributed by atoms with E-state index in [1.807, 2.05) is 38.4 Å². The number of hydrogen-bond donors (Lipinski definition) is 2. The molecule has 1 atom stereocenters. The Morgan fingerprint density at radius 3 is 2.00 bits per heavy atom. The van der Waals surface area contributed by atoms with E-state index in [-0.39, 0.29) is 6.61 Å². The summed E-state index contributed by atoms with van der Waals surface area (Å²) in [5.74, 6) is 0.755. The number of ether oxygens (including phenoxy) is 1.